The number of unbranched alkanes of at least 4 members (excludes halogenated alkanes) is 4. The number of rotatable bonds is 13. The average Bonchev–Trinajstić information content (AvgIpc) is 2.74. The van der Waals surface area contributed by atoms with Gasteiger partial charge in [-0.05, 0) is 36.8 Å². The highest BCUT2D eigenvalue weighted by molar-refractivity contribution is 5.96. The number of benzene rings is 1. The molecular formula is C26H37NO. The van der Waals surface area contributed by atoms with Crippen LogP contribution in [-0.4, -0.2) is 10.8 Å². The topological polar surface area (TPSA) is 30.0 Å². The highest BCUT2D eigenvalue weighted by Gasteiger charge is 2.08. The van der Waals surface area contributed by atoms with E-state index in [4.69, 9.17) is 0 Å². The van der Waals surface area contributed by atoms with Gasteiger partial charge in [0, 0.05) is 23.7 Å². The summed E-state index contributed by atoms with van der Waals surface area (Å²) in [6, 6.07) is 12.2. The Hall–Kier alpha value is -1.96. The minimum atomic E-state index is 0.256. The molecule has 0 radical (unpaired) electrons. The van der Waals surface area contributed by atoms with E-state index in [1.165, 1.54) is 44.1 Å². The Balaban J connectivity index is 1.83. The van der Waals surface area contributed by atoms with E-state index in [1.807, 2.05) is 30.5 Å². The third kappa shape index (κ3) is 7.58. The van der Waals surface area contributed by atoms with Crippen LogP contribution >= 0.6 is 0 Å². The van der Waals surface area contributed by atoms with Crippen molar-refractivity contribution in [2.24, 2.45) is 5.92 Å². The molecule has 0 saturated heterocycles. The predicted octanol–water partition coefficient (Wildman–Crippen LogP) is 7.66. The molecule has 2 aromatic rings. The van der Waals surface area contributed by atoms with Gasteiger partial charge in [-0.15, -0.1) is 0 Å². The van der Waals surface area contributed by atoms with E-state index in [9.17, 15) is 4.79 Å². The average molecular weight is 380 g/mol. The van der Waals surface area contributed by atoms with Crippen LogP contribution in [0, 0.1) is 5.92 Å². The van der Waals surface area contributed by atoms with Crippen molar-refractivity contribution in [1.29, 1.82) is 0 Å². The number of ketones is 1. The maximum absolute atomic E-state index is 12.4. The number of nitrogens with zero attached hydrogens (tertiary/aromatic N) is 1. The highest BCUT2D eigenvalue weighted by Crippen LogP contribution is 2.20. The van der Waals surface area contributed by atoms with Crippen LogP contribution in [0.5, 0.6) is 0 Å². The minimum Gasteiger partial charge on any atom is -0.294 e. The van der Waals surface area contributed by atoms with Gasteiger partial charge in [-0.2, -0.15) is 0 Å². The van der Waals surface area contributed by atoms with E-state index >= 15 is 0 Å². The van der Waals surface area contributed by atoms with Crippen LogP contribution in [0.2, 0.25) is 0 Å². The lowest BCUT2D eigenvalue weighted by Crippen LogP contribution is -2.00. The van der Waals surface area contributed by atoms with Gasteiger partial charge in [0.15, 0.2) is 5.78 Å². The van der Waals surface area contributed by atoms with Crippen LogP contribution in [0.3, 0.4) is 0 Å². The summed E-state index contributed by atoms with van der Waals surface area (Å²) in [5.41, 5.74) is 4.18. The number of aromatic nitrogens is 1. The summed E-state index contributed by atoms with van der Waals surface area (Å²) in [5, 5.41) is 0. The predicted molar refractivity (Wildman–Crippen MR) is 120 cm³/mol. The van der Waals surface area contributed by atoms with E-state index < -0.39 is 0 Å². The Kier molecular flexibility index (Phi) is 9.96. The molecule has 1 aromatic heterocycles. The lowest BCUT2D eigenvalue weighted by atomic mass is 9.98. The molecule has 0 N–H and O–H groups in total. The second-order valence-corrected chi connectivity index (χ2v) is 8.12. The summed E-state index contributed by atoms with van der Waals surface area (Å²) < 4.78 is 0. The number of aryl methyl sites for hydroxylation is 1. The summed E-state index contributed by atoms with van der Waals surface area (Å²) in [4.78, 5) is 17.0. The fourth-order valence-electron chi connectivity index (χ4n) is 3.45. The molecule has 0 amide bonds. The van der Waals surface area contributed by atoms with Gasteiger partial charge in [0.05, 0.1) is 5.69 Å². The largest absolute Gasteiger partial charge is 0.294 e. The number of carbonyl (C=O) groups is 1. The number of carbonyl (C=O) groups excluding carboxylic acids is 1. The molecule has 0 bridgehead atoms. The summed E-state index contributed by atoms with van der Waals surface area (Å²) in [5.74, 6) is 1.02. The summed E-state index contributed by atoms with van der Waals surface area (Å²) in [7, 11) is 0. The summed E-state index contributed by atoms with van der Waals surface area (Å²) >= 11 is 0. The van der Waals surface area contributed by atoms with Crippen LogP contribution in [0.15, 0.2) is 42.6 Å². The fraction of sp³-hybridized carbons (Fsp3) is 0.538. The van der Waals surface area contributed by atoms with E-state index in [0.29, 0.717) is 6.42 Å². The lowest BCUT2D eigenvalue weighted by Gasteiger charge is -2.08. The van der Waals surface area contributed by atoms with Crippen molar-refractivity contribution in [2.45, 2.75) is 85.0 Å². The quantitative estimate of drug-likeness (QED) is 0.264. The van der Waals surface area contributed by atoms with E-state index in [2.05, 4.69) is 37.9 Å². The second kappa shape index (κ2) is 12.5. The van der Waals surface area contributed by atoms with E-state index in [0.717, 1.165) is 42.0 Å². The van der Waals surface area contributed by atoms with Gasteiger partial charge in [-0.25, -0.2) is 0 Å². The van der Waals surface area contributed by atoms with Gasteiger partial charge in [-0.1, -0.05) is 89.6 Å². The van der Waals surface area contributed by atoms with Gasteiger partial charge >= 0.3 is 0 Å². The molecule has 0 spiro atoms. The Labute approximate surface area is 171 Å². The molecule has 1 unspecified atom stereocenters. The molecule has 0 aliphatic rings. The van der Waals surface area contributed by atoms with Crippen molar-refractivity contribution < 1.29 is 4.79 Å². The van der Waals surface area contributed by atoms with Crippen LogP contribution in [0.1, 0.15) is 94.5 Å². The molecule has 152 valence electrons. The molecule has 1 atom stereocenters. The van der Waals surface area contributed by atoms with Gasteiger partial charge in [0.25, 0.3) is 0 Å². The molecule has 0 aliphatic heterocycles. The highest BCUT2D eigenvalue weighted by atomic mass is 16.1. The first-order valence-corrected chi connectivity index (χ1v) is 11.2. The first kappa shape index (κ1) is 22.3. The fourth-order valence-corrected chi connectivity index (χ4v) is 3.45. The van der Waals surface area contributed by atoms with Crippen LogP contribution < -0.4 is 0 Å². The zero-order chi connectivity index (χ0) is 20.2. The van der Waals surface area contributed by atoms with Gasteiger partial charge in [0.2, 0.25) is 0 Å². The molecule has 28 heavy (non-hydrogen) atoms. The van der Waals surface area contributed by atoms with Crippen molar-refractivity contribution in [3.63, 3.8) is 0 Å². The second-order valence-electron chi connectivity index (χ2n) is 8.12. The lowest BCUT2D eigenvalue weighted by molar-refractivity contribution is 0.0978. The van der Waals surface area contributed by atoms with Crippen LogP contribution in [-0.2, 0) is 6.42 Å². The third-order valence-corrected chi connectivity index (χ3v) is 5.69. The van der Waals surface area contributed by atoms with Crippen molar-refractivity contribution in [3.8, 4) is 11.3 Å². The van der Waals surface area contributed by atoms with Crippen LogP contribution in [0.4, 0.5) is 0 Å². The van der Waals surface area contributed by atoms with Gasteiger partial charge in [0.1, 0.15) is 0 Å². The molecule has 0 saturated carbocycles. The summed E-state index contributed by atoms with van der Waals surface area (Å²) in [6.45, 7) is 6.75. The van der Waals surface area contributed by atoms with E-state index in [1.54, 1.807) is 0 Å². The number of hydrogen-bond donors (Lipinski definition) is 0. The Morgan fingerprint density at radius 1 is 0.929 bits per heavy atom. The zero-order valence-electron chi connectivity index (χ0n) is 18.0. The third-order valence-electron chi connectivity index (χ3n) is 5.69. The standard InChI is InChI=1S/C26H37NO/c1-4-6-7-8-12-22-14-19-25(27-20-22)23-15-17-24(18-16-23)26(28)13-10-9-11-21(3)5-2/h14-21H,4-13H2,1-3H3. The minimum absolute atomic E-state index is 0.256. The first-order chi connectivity index (χ1) is 13.6. The molecule has 0 fully saturated rings. The monoisotopic (exact) mass is 379 g/mol. The maximum atomic E-state index is 12.4. The zero-order valence-corrected chi connectivity index (χ0v) is 18.0. The number of Topliss-reactive ketones (excluding diaryl/α,β-unsaturated/α-hetero) is 1. The molecule has 2 rings (SSSR count). The van der Waals surface area contributed by atoms with Crippen LogP contribution in [0.25, 0.3) is 11.3 Å². The first-order valence-electron chi connectivity index (χ1n) is 11.2. The number of hydrogen-bond acceptors (Lipinski definition) is 2. The molecule has 2 nitrogen and oxygen atoms in total. The van der Waals surface area contributed by atoms with Crippen molar-refractivity contribution in [1.82, 2.24) is 4.98 Å². The Bertz CT molecular complexity index is 687. The van der Waals surface area contributed by atoms with E-state index in [-0.39, 0.29) is 5.78 Å². The molecule has 2 heteroatoms. The summed E-state index contributed by atoms with van der Waals surface area (Å²) in [6.07, 6.45) is 13.5. The smallest absolute Gasteiger partial charge is 0.162 e. The van der Waals surface area contributed by atoms with Crippen molar-refractivity contribution >= 4 is 5.78 Å². The van der Waals surface area contributed by atoms with Crippen molar-refractivity contribution in [3.05, 3.63) is 53.7 Å². The normalized spacial score (nSPS) is 12.1. The van der Waals surface area contributed by atoms with Crippen molar-refractivity contribution in [2.75, 3.05) is 0 Å². The number of pyridine rings is 1. The SMILES string of the molecule is CCCCCCc1ccc(-c2ccc(C(=O)CCCCC(C)CC)cc2)nc1. The maximum Gasteiger partial charge on any atom is 0.162 e. The molecular weight excluding hydrogens is 342 g/mol. The van der Waals surface area contributed by atoms with Gasteiger partial charge in [-0.3, -0.25) is 9.78 Å². The Morgan fingerprint density at radius 2 is 1.71 bits per heavy atom. The molecule has 1 heterocycles. The van der Waals surface area contributed by atoms with Gasteiger partial charge < -0.3 is 0 Å². The Morgan fingerprint density at radius 3 is 2.36 bits per heavy atom. The molecule has 0 aliphatic carbocycles. The molecule has 1 aromatic carbocycles.